The lowest BCUT2D eigenvalue weighted by atomic mass is 10.2. The van der Waals surface area contributed by atoms with E-state index in [4.69, 9.17) is 5.11 Å². The van der Waals surface area contributed by atoms with Crippen LogP contribution in [0.15, 0.2) is 47.4 Å². The second-order valence-corrected chi connectivity index (χ2v) is 3.74. The zero-order valence-electron chi connectivity index (χ0n) is 9.05. The van der Waals surface area contributed by atoms with Gasteiger partial charge in [0.2, 0.25) is 0 Å². The number of hydrogen-bond acceptors (Lipinski definition) is 2. The summed E-state index contributed by atoms with van der Waals surface area (Å²) in [5, 5.41) is 8.91. The van der Waals surface area contributed by atoms with Gasteiger partial charge in [0.25, 0.3) is 5.56 Å². The fraction of sp³-hybridized carbons (Fsp3) is 0.154. The molecule has 0 unspecified atom stereocenters. The number of aromatic nitrogens is 1. The van der Waals surface area contributed by atoms with Gasteiger partial charge in [-0.05, 0) is 30.7 Å². The summed E-state index contributed by atoms with van der Waals surface area (Å²) in [4.78, 5) is 11.7. The number of aliphatic hydroxyl groups excluding tert-OH is 1. The van der Waals surface area contributed by atoms with Crippen LogP contribution in [0.1, 0.15) is 11.1 Å². The number of aliphatic hydroxyl groups is 1. The molecule has 2 rings (SSSR count). The molecule has 0 spiro atoms. The van der Waals surface area contributed by atoms with E-state index in [1.807, 2.05) is 31.2 Å². The van der Waals surface area contributed by atoms with Crippen LogP contribution in [-0.4, -0.2) is 9.67 Å². The minimum absolute atomic E-state index is 0.107. The molecule has 3 nitrogen and oxygen atoms in total. The van der Waals surface area contributed by atoms with Crippen molar-refractivity contribution < 1.29 is 5.11 Å². The minimum Gasteiger partial charge on any atom is -0.392 e. The molecule has 0 amide bonds. The average molecular weight is 215 g/mol. The zero-order chi connectivity index (χ0) is 11.5. The zero-order valence-corrected chi connectivity index (χ0v) is 9.05. The van der Waals surface area contributed by atoms with E-state index in [1.165, 1.54) is 6.07 Å². The van der Waals surface area contributed by atoms with Crippen LogP contribution in [0.4, 0.5) is 0 Å². The second-order valence-electron chi connectivity index (χ2n) is 3.74. The van der Waals surface area contributed by atoms with Gasteiger partial charge in [0.15, 0.2) is 0 Å². The first-order valence-electron chi connectivity index (χ1n) is 5.10. The molecule has 0 saturated carbocycles. The van der Waals surface area contributed by atoms with Gasteiger partial charge in [0.05, 0.1) is 6.61 Å². The molecule has 1 aromatic heterocycles. The largest absolute Gasteiger partial charge is 0.392 e. The summed E-state index contributed by atoms with van der Waals surface area (Å²) in [5.41, 5.74) is 2.49. The monoisotopic (exact) mass is 215 g/mol. The summed E-state index contributed by atoms with van der Waals surface area (Å²) in [6.07, 6.45) is 1.68. The molecule has 0 atom stereocenters. The molecule has 0 aliphatic heterocycles. The quantitative estimate of drug-likeness (QED) is 0.827. The fourth-order valence-corrected chi connectivity index (χ4v) is 1.54. The number of rotatable bonds is 2. The van der Waals surface area contributed by atoms with Gasteiger partial charge in [-0.1, -0.05) is 17.7 Å². The Morgan fingerprint density at radius 1 is 1.19 bits per heavy atom. The molecule has 0 bridgehead atoms. The third kappa shape index (κ3) is 2.04. The maximum atomic E-state index is 11.7. The van der Waals surface area contributed by atoms with Crippen molar-refractivity contribution in [1.29, 1.82) is 0 Å². The second kappa shape index (κ2) is 4.33. The van der Waals surface area contributed by atoms with Gasteiger partial charge in [-0.25, -0.2) is 0 Å². The van der Waals surface area contributed by atoms with Crippen molar-refractivity contribution in [2.75, 3.05) is 0 Å². The lowest BCUT2D eigenvalue weighted by Gasteiger charge is -2.06. The molecular formula is C13H13NO2. The van der Waals surface area contributed by atoms with Gasteiger partial charge >= 0.3 is 0 Å². The Morgan fingerprint density at radius 3 is 2.44 bits per heavy atom. The molecule has 0 saturated heterocycles. The topological polar surface area (TPSA) is 42.2 Å². The molecule has 0 aliphatic carbocycles. The highest BCUT2D eigenvalue weighted by Crippen LogP contribution is 2.07. The number of pyridine rings is 1. The third-order valence-corrected chi connectivity index (χ3v) is 2.48. The predicted molar refractivity (Wildman–Crippen MR) is 62.7 cm³/mol. The van der Waals surface area contributed by atoms with Crippen molar-refractivity contribution in [3.8, 4) is 5.69 Å². The summed E-state index contributed by atoms with van der Waals surface area (Å²) < 4.78 is 1.55. The smallest absolute Gasteiger partial charge is 0.255 e. The third-order valence-electron chi connectivity index (χ3n) is 2.48. The lowest BCUT2D eigenvalue weighted by Crippen LogP contribution is -2.17. The van der Waals surface area contributed by atoms with Crippen molar-refractivity contribution in [2.24, 2.45) is 0 Å². The van der Waals surface area contributed by atoms with Gasteiger partial charge in [-0.2, -0.15) is 0 Å². The number of aryl methyl sites for hydroxylation is 1. The van der Waals surface area contributed by atoms with Crippen molar-refractivity contribution in [3.05, 3.63) is 64.1 Å². The van der Waals surface area contributed by atoms with Crippen LogP contribution in [0.5, 0.6) is 0 Å². The first kappa shape index (κ1) is 10.6. The van der Waals surface area contributed by atoms with E-state index in [9.17, 15) is 4.79 Å². The predicted octanol–water partition coefficient (Wildman–Crippen LogP) is 1.64. The van der Waals surface area contributed by atoms with Crippen LogP contribution in [0, 0.1) is 6.92 Å². The van der Waals surface area contributed by atoms with Crippen LogP contribution in [0.25, 0.3) is 5.69 Å². The molecule has 2 aromatic rings. The molecule has 0 fully saturated rings. The number of hydrogen-bond donors (Lipinski definition) is 1. The van der Waals surface area contributed by atoms with E-state index in [1.54, 1.807) is 16.8 Å². The van der Waals surface area contributed by atoms with Gasteiger partial charge in [-0.15, -0.1) is 0 Å². The molecule has 0 radical (unpaired) electrons. The van der Waals surface area contributed by atoms with Gasteiger partial charge in [0.1, 0.15) is 0 Å². The summed E-state index contributed by atoms with van der Waals surface area (Å²) in [6.45, 7) is 1.89. The molecular weight excluding hydrogens is 202 g/mol. The highest BCUT2D eigenvalue weighted by molar-refractivity contribution is 5.35. The lowest BCUT2D eigenvalue weighted by molar-refractivity contribution is 0.281. The Labute approximate surface area is 93.6 Å². The van der Waals surface area contributed by atoms with Crippen LogP contribution in [0.3, 0.4) is 0 Å². The Bertz CT molecular complexity index is 541. The van der Waals surface area contributed by atoms with Crippen molar-refractivity contribution in [3.63, 3.8) is 0 Å². The number of benzene rings is 1. The molecule has 16 heavy (non-hydrogen) atoms. The molecule has 82 valence electrons. The van der Waals surface area contributed by atoms with E-state index in [0.717, 1.165) is 11.3 Å². The maximum Gasteiger partial charge on any atom is 0.255 e. The van der Waals surface area contributed by atoms with Crippen molar-refractivity contribution in [1.82, 2.24) is 4.57 Å². The summed E-state index contributed by atoms with van der Waals surface area (Å²) >= 11 is 0. The van der Waals surface area contributed by atoms with Crippen LogP contribution < -0.4 is 5.56 Å². The molecule has 1 aromatic carbocycles. The first-order chi connectivity index (χ1) is 7.70. The Kier molecular flexibility index (Phi) is 2.88. The summed E-state index contributed by atoms with van der Waals surface area (Å²) in [7, 11) is 0. The highest BCUT2D eigenvalue weighted by Gasteiger charge is 2.00. The van der Waals surface area contributed by atoms with E-state index < -0.39 is 0 Å². The van der Waals surface area contributed by atoms with Gasteiger partial charge in [0, 0.05) is 18.0 Å². The summed E-state index contributed by atoms with van der Waals surface area (Å²) in [5.74, 6) is 0. The molecule has 1 N–H and O–H groups in total. The van der Waals surface area contributed by atoms with Gasteiger partial charge in [-0.3, -0.25) is 9.36 Å². The highest BCUT2D eigenvalue weighted by atomic mass is 16.3. The van der Waals surface area contributed by atoms with E-state index in [2.05, 4.69) is 0 Å². The number of nitrogens with zero attached hydrogens (tertiary/aromatic N) is 1. The maximum absolute atomic E-state index is 11.7. The Morgan fingerprint density at radius 2 is 1.88 bits per heavy atom. The molecule has 3 heteroatoms. The van der Waals surface area contributed by atoms with E-state index >= 15 is 0 Å². The standard InChI is InChI=1S/C13H13NO2/c1-10-2-4-12(5-3-10)14-7-6-11(9-15)8-13(14)16/h2-8,15H,9H2,1H3. The molecule has 0 aliphatic rings. The Hall–Kier alpha value is -1.87. The van der Waals surface area contributed by atoms with Crippen LogP contribution in [0.2, 0.25) is 0 Å². The van der Waals surface area contributed by atoms with Crippen LogP contribution >= 0.6 is 0 Å². The molecule has 1 heterocycles. The van der Waals surface area contributed by atoms with Gasteiger partial charge < -0.3 is 5.11 Å². The summed E-state index contributed by atoms with van der Waals surface area (Å²) in [6, 6.07) is 10.9. The minimum atomic E-state index is -0.129. The van der Waals surface area contributed by atoms with Crippen molar-refractivity contribution in [2.45, 2.75) is 13.5 Å². The normalized spacial score (nSPS) is 10.4. The first-order valence-corrected chi connectivity index (χ1v) is 5.10. The van der Waals surface area contributed by atoms with E-state index in [-0.39, 0.29) is 12.2 Å². The average Bonchev–Trinajstić information content (AvgIpc) is 2.30. The van der Waals surface area contributed by atoms with Crippen molar-refractivity contribution >= 4 is 0 Å². The Balaban J connectivity index is 2.48. The fourth-order valence-electron chi connectivity index (χ4n) is 1.54. The van der Waals surface area contributed by atoms with E-state index in [0.29, 0.717) is 5.56 Å². The SMILES string of the molecule is Cc1ccc(-n2ccc(CO)cc2=O)cc1. The van der Waals surface area contributed by atoms with Crippen LogP contribution in [-0.2, 0) is 6.61 Å².